The van der Waals surface area contributed by atoms with Crippen LogP contribution < -0.4 is 15.6 Å². The molecule has 29 heavy (non-hydrogen) atoms. The standard InChI is InChI=1S/C23H25N3O3/c1-15-10-11-21(16(2)12-15)29-14-22(27)24-25-23(28)20-13-17(3)26(18(20)4)19-8-6-5-7-9-19/h5-13H,14H2,1-4H3,(H,24,27)(H,25,28). The molecule has 0 spiro atoms. The number of carbonyl (C=O) groups excluding carboxylic acids is 2. The van der Waals surface area contributed by atoms with E-state index in [0.29, 0.717) is 11.3 Å². The normalized spacial score (nSPS) is 10.5. The van der Waals surface area contributed by atoms with Crippen LogP contribution in [0.3, 0.4) is 0 Å². The van der Waals surface area contributed by atoms with Gasteiger partial charge < -0.3 is 9.30 Å². The molecule has 0 aliphatic rings. The summed E-state index contributed by atoms with van der Waals surface area (Å²) in [6.45, 7) is 7.54. The third kappa shape index (κ3) is 4.66. The third-order valence-corrected chi connectivity index (χ3v) is 4.69. The molecule has 0 fully saturated rings. The van der Waals surface area contributed by atoms with Gasteiger partial charge in [0, 0.05) is 17.1 Å². The van der Waals surface area contributed by atoms with Crippen LogP contribution in [0, 0.1) is 27.7 Å². The number of ether oxygens (including phenoxy) is 1. The second-order valence-electron chi connectivity index (χ2n) is 7.02. The molecule has 2 aromatic carbocycles. The third-order valence-electron chi connectivity index (χ3n) is 4.69. The molecule has 0 bridgehead atoms. The first kappa shape index (κ1) is 20.2. The molecule has 1 aromatic heterocycles. The Kier molecular flexibility index (Phi) is 6.02. The fourth-order valence-electron chi connectivity index (χ4n) is 3.30. The number of hydrogen-bond acceptors (Lipinski definition) is 3. The average molecular weight is 391 g/mol. The average Bonchev–Trinajstić information content (AvgIpc) is 3.00. The number of carbonyl (C=O) groups is 2. The number of para-hydroxylation sites is 1. The number of hydrazine groups is 1. The molecule has 0 atom stereocenters. The second kappa shape index (κ2) is 8.65. The van der Waals surface area contributed by atoms with E-state index in [-0.39, 0.29) is 12.5 Å². The minimum absolute atomic E-state index is 0.187. The summed E-state index contributed by atoms with van der Waals surface area (Å²) in [5, 5.41) is 0. The van der Waals surface area contributed by atoms with Gasteiger partial charge in [0.1, 0.15) is 5.75 Å². The Morgan fingerprint density at radius 2 is 1.66 bits per heavy atom. The van der Waals surface area contributed by atoms with Gasteiger partial charge in [-0.2, -0.15) is 0 Å². The molecule has 0 radical (unpaired) electrons. The largest absolute Gasteiger partial charge is 0.483 e. The van der Waals surface area contributed by atoms with E-state index in [0.717, 1.165) is 28.2 Å². The lowest BCUT2D eigenvalue weighted by Crippen LogP contribution is -2.44. The Hall–Kier alpha value is -3.54. The van der Waals surface area contributed by atoms with Crippen LogP contribution in [0.15, 0.2) is 54.6 Å². The first-order chi connectivity index (χ1) is 13.9. The second-order valence-corrected chi connectivity index (χ2v) is 7.02. The van der Waals surface area contributed by atoms with Gasteiger partial charge in [-0.05, 0) is 57.5 Å². The van der Waals surface area contributed by atoms with Gasteiger partial charge in [0.2, 0.25) is 0 Å². The molecular weight excluding hydrogens is 366 g/mol. The van der Waals surface area contributed by atoms with E-state index >= 15 is 0 Å². The molecule has 2 amide bonds. The van der Waals surface area contributed by atoms with E-state index in [2.05, 4.69) is 10.9 Å². The van der Waals surface area contributed by atoms with Crippen LogP contribution in [0.4, 0.5) is 0 Å². The van der Waals surface area contributed by atoms with E-state index in [1.165, 1.54) is 0 Å². The topological polar surface area (TPSA) is 72.4 Å². The zero-order valence-corrected chi connectivity index (χ0v) is 17.1. The van der Waals surface area contributed by atoms with Crippen molar-refractivity contribution in [2.45, 2.75) is 27.7 Å². The number of aromatic nitrogens is 1. The maximum absolute atomic E-state index is 12.6. The summed E-state index contributed by atoms with van der Waals surface area (Å²) in [5.41, 5.74) is 10.2. The first-order valence-electron chi connectivity index (χ1n) is 9.40. The number of rotatable bonds is 5. The van der Waals surface area contributed by atoms with Crippen molar-refractivity contribution in [3.05, 3.63) is 82.7 Å². The molecule has 3 aromatic rings. The van der Waals surface area contributed by atoms with Gasteiger partial charge in [0.25, 0.3) is 11.8 Å². The summed E-state index contributed by atoms with van der Waals surface area (Å²) >= 11 is 0. The van der Waals surface area contributed by atoms with Crippen LogP contribution in [0.2, 0.25) is 0 Å². The van der Waals surface area contributed by atoms with Crippen molar-refractivity contribution in [1.82, 2.24) is 15.4 Å². The van der Waals surface area contributed by atoms with Crippen LogP contribution in [-0.2, 0) is 4.79 Å². The van der Waals surface area contributed by atoms with Crippen molar-refractivity contribution >= 4 is 11.8 Å². The maximum Gasteiger partial charge on any atom is 0.276 e. The summed E-state index contributed by atoms with van der Waals surface area (Å²) in [6.07, 6.45) is 0. The Balaban J connectivity index is 1.60. The number of nitrogens with zero attached hydrogens (tertiary/aromatic N) is 1. The summed E-state index contributed by atoms with van der Waals surface area (Å²) < 4.78 is 7.53. The molecule has 6 nitrogen and oxygen atoms in total. The zero-order valence-electron chi connectivity index (χ0n) is 17.1. The van der Waals surface area contributed by atoms with Gasteiger partial charge in [-0.3, -0.25) is 20.4 Å². The van der Waals surface area contributed by atoms with Gasteiger partial charge in [-0.25, -0.2) is 0 Å². The lowest BCUT2D eigenvalue weighted by molar-refractivity contribution is -0.123. The first-order valence-corrected chi connectivity index (χ1v) is 9.40. The SMILES string of the molecule is Cc1ccc(OCC(=O)NNC(=O)c2cc(C)n(-c3ccccc3)c2C)c(C)c1. The lowest BCUT2D eigenvalue weighted by Gasteiger charge is -2.11. The van der Waals surface area contributed by atoms with Crippen molar-refractivity contribution in [2.24, 2.45) is 0 Å². The van der Waals surface area contributed by atoms with E-state index in [1.807, 2.05) is 80.8 Å². The molecule has 2 N–H and O–H groups in total. The smallest absolute Gasteiger partial charge is 0.276 e. The van der Waals surface area contributed by atoms with Gasteiger partial charge in [-0.1, -0.05) is 35.9 Å². The van der Waals surface area contributed by atoms with Crippen LogP contribution in [0.1, 0.15) is 32.9 Å². The molecule has 0 aliphatic carbocycles. The highest BCUT2D eigenvalue weighted by molar-refractivity contribution is 5.97. The van der Waals surface area contributed by atoms with Crippen LogP contribution in [0.25, 0.3) is 5.69 Å². The van der Waals surface area contributed by atoms with Crippen molar-refractivity contribution in [1.29, 1.82) is 0 Å². The number of amides is 2. The van der Waals surface area contributed by atoms with E-state index in [4.69, 9.17) is 4.74 Å². The quantitative estimate of drug-likeness (QED) is 0.654. The number of benzene rings is 2. The Morgan fingerprint density at radius 3 is 2.34 bits per heavy atom. The molecule has 0 aliphatic heterocycles. The predicted molar refractivity (Wildman–Crippen MR) is 112 cm³/mol. The van der Waals surface area contributed by atoms with E-state index < -0.39 is 5.91 Å². The van der Waals surface area contributed by atoms with Crippen LogP contribution in [-0.4, -0.2) is 23.0 Å². The molecule has 0 saturated heterocycles. The number of aryl methyl sites for hydroxylation is 3. The van der Waals surface area contributed by atoms with Crippen molar-refractivity contribution < 1.29 is 14.3 Å². The van der Waals surface area contributed by atoms with Gasteiger partial charge >= 0.3 is 0 Å². The fourth-order valence-corrected chi connectivity index (χ4v) is 3.30. The zero-order chi connectivity index (χ0) is 21.0. The molecule has 150 valence electrons. The lowest BCUT2D eigenvalue weighted by atomic mass is 10.1. The van der Waals surface area contributed by atoms with Crippen molar-refractivity contribution in [2.75, 3.05) is 6.61 Å². The molecule has 1 heterocycles. The van der Waals surface area contributed by atoms with Gasteiger partial charge in [0.15, 0.2) is 6.61 Å². The van der Waals surface area contributed by atoms with Gasteiger partial charge in [-0.15, -0.1) is 0 Å². The Bertz CT molecular complexity index is 1040. The summed E-state index contributed by atoms with van der Waals surface area (Å²) in [5.74, 6) is -0.168. The van der Waals surface area contributed by atoms with Crippen molar-refractivity contribution in [3.8, 4) is 11.4 Å². The summed E-state index contributed by atoms with van der Waals surface area (Å²) in [6, 6.07) is 17.3. The van der Waals surface area contributed by atoms with E-state index in [1.54, 1.807) is 6.07 Å². The Labute approximate surface area is 170 Å². The molecule has 0 saturated carbocycles. The highest BCUT2D eigenvalue weighted by Crippen LogP contribution is 2.20. The maximum atomic E-state index is 12.6. The molecule has 3 rings (SSSR count). The molecule has 0 unspecified atom stereocenters. The van der Waals surface area contributed by atoms with Crippen LogP contribution >= 0.6 is 0 Å². The minimum atomic E-state index is -0.435. The summed E-state index contributed by atoms with van der Waals surface area (Å²) in [7, 11) is 0. The van der Waals surface area contributed by atoms with Crippen LogP contribution in [0.5, 0.6) is 5.75 Å². The Morgan fingerprint density at radius 1 is 0.931 bits per heavy atom. The number of nitrogens with one attached hydrogen (secondary N) is 2. The van der Waals surface area contributed by atoms with E-state index in [9.17, 15) is 9.59 Å². The summed E-state index contributed by atoms with van der Waals surface area (Å²) in [4.78, 5) is 24.6. The predicted octanol–water partition coefficient (Wildman–Crippen LogP) is 3.55. The minimum Gasteiger partial charge on any atom is -0.483 e. The highest BCUT2D eigenvalue weighted by atomic mass is 16.5. The fraction of sp³-hybridized carbons (Fsp3) is 0.217. The molecule has 6 heteroatoms. The number of hydrogen-bond donors (Lipinski definition) is 2. The molecular formula is C23H25N3O3. The highest BCUT2D eigenvalue weighted by Gasteiger charge is 2.17. The van der Waals surface area contributed by atoms with Crippen molar-refractivity contribution in [3.63, 3.8) is 0 Å². The van der Waals surface area contributed by atoms with Gasteiger partial charge in [0.05, 0.1) is 5.56 Å². The monoisotopic (exact) mass is 391 g/mol.